The lowest BCUT2D eigenvalue weighted by Gasteiger charge is -2.02. The smallest absolute Gasteiger partial charge is 0.230 e. The van der Waals surface area contributed by atoms with Gasteiger partial charge in [-0.3, -0.25) is 0 Å². The first kappa shape index (κ1) is 10.9. The maximum absolute atomic E-state index is 2.33. The molecular formula is C14H19N2+. The highest BCUT2D eigenvalue weighted by Crippen LogP contribution is 2.15. The van der Waals surface area contributed by atoms with Crippen LogP contribution in [0.25, 0.3) is 11.4 Å². The Labute approximate surface area is 97.2 Å². The number of aryl methyl sites for hydroxylation is 2. The summed E-state index contributed by atoms with van der Waals surface area (Å²) < 4.78 is 4.63. The van der Waals surface area contributed by atoms with Crippen molar-refractivity contribution in [2.45, 2.75) is 33.4 Å². The number of rotatable bonds is 4. The van der Waals surface area contributed by atoms with Crippen LogP contribution in [0.15, 0.2) is 42.7 Å². The molecule has 84 valence electrons. The van der Waals surface area contributed by atoms with Crippen LogP contribution in [0.5, 0.6) is 0 Å². The van der Waals surface area contributed by atoms with Crippen LogP contribution in [0.2, 0.25) is 0 Å². The average Bonchev–Trinajstić information content (AvgIpc) is 2.74. The Balaban J connectivity index is 2.48. The minimum Gasteiger partial charge on any atom is -0.230 e. The van der Waals surface area contributed by atoms with Gasteiger partial charge in [-0.15, -0.1) is 0 Å². The molecule has 0 saturated heterocycles. The van der Waals surface area contributed by atoms with E-state index in [0.29, 0.717) is 0 Å². The summed E-state index contributed by atoms with van der Waals surface area (Å²) in [5, 5.41) is 0. The molecule has 0 N–H and O–H groups in total. The van der Waals surface area contributed by atoms with Crippen molar-refractivity contribution in [2.24, 2.45) is 0 Å². The SMILES string of the molecule is CCC[n+]1ccn(CC)c1-c1ccccc1. The monoisotopic (exact) mass is 215 g/mol. The van der Waals surface area contributed by atoms with Crippen molar-refractivity contribution in [3.8, 4) is 11.4 Å². The molecular weight excluding hydrogens is 196 g/mol. The van der Waals surface area contributed by atoms with E-state index in [2.05, 4.69) is 65.7 Å². The summed E-state index contributed by atoms with van der Waals surface area (Å²) in [6.45, 7) is 6.49. The van der Waals surface area contributed by atoms with Gasteiger partial charge in [-0.25, -0.2) is 9.13 Å². The van der Waals surface area contributed by atoms with E-state index in [0.717, 1.165) is 19.5 Å². The van der Waals surface area contributed by atoms with Gasteiger partial charge in [0, 0.05) is 0 Å². The van der Waals surface area contributed by atoms with Crippen molar-refractivity contribution in [3.05, 3.63) is 42.7 Å². The third-order valence-corrected chi connectivity index (χ3v) is 2.81. The van der Waals surface area contributed by atoms with Gasteiger partial charge in [-0.1, -0.05) is 25.1 Å². The molecule has 1 heterocycles. The molecule has 1 aromatic heterocycles. The lowest BCUT2D eigenvalue weighted by atomic mass is 10.2. The second-order valence-corrected chi connectivity index (χ2v) is 3.97. The fraction of sp³-hybridized carbons (Fsp3) is 0.357. The van der Waals surface area contributed by atoms with E-state index in [4.69, 9.17) is 0 Å². The molecule has 0 fully saturated rings. The molecule has 2 nitrogen and oxygen atoms in total. The Hall–Kier alpha value is -1.57. The number of benzene rings is 1. The molecule has 2 rings (SSSR count). The van der Waals surface area contributed by atoms with Crippen LogP contribution in [0.3, 0.4) is 0 Å². The third-order valence-electron chi connectivity index (χ3n) is 2.81. The van der Waals surface area contributed by atoms with Gasteiger partial charge in [-0.2, -0.15) is 0 Å². The Morgan fingerprint density at radius 1 is 1.12 bits per heavy atom. The fourth-order valence-electron chi connectivity index (χ4n) is 2.06. The van der Waals surface area contributed by atoms with Gasteiger partial charge in [0.05, 0.1) is 18.7 Å². The molecule has 0 spiro atoms. The summed E-state index contributed by atoms with van der Waals surface area (Å²) >= 11 is 0. The molecule has 0 atom stereocenters. The first-order chi connectivity index (χ1) is 7.86. The second-order valence-electron chi connectivity index (χ2n) is 3.97. The van der Waals surface area contributed by atoms with Gasteiger partial charge in [0.25, 0.3) is 5.82 Å². The largest absolute Gasteiger partial charge is 0.288 e. The highest BCUT2D eigenvalue weighted by Gasteiger charge is 2.16. The normalized spacial score (nSPS) is 10.6. The molecule has 0 aliphatic heterocycles. The summed E-state index contributed by atoms with van der Waals surface area (Å²) in [5.41, 5.74) is 1.29. The minimum atomic E-state index is 1.01. The third kappa shape index (κ3) is 2.01. The van der Waals surface area contributed by atoms with Crippen molar-refractivity contribution < 1.29 is 4.57 Å². The predicted molar refractivity (Wildman–Crippen MR) is 66.0 cm³/mol. The van der Waals surface area contributed by atoms with Gasteiger partial charge >= 0.3 is 0 Å². The number of imidazole rings is 1. The van der Waals surface area contributed by atoms with E-state index in [1.807, 2.05) is 0 Å². The molecule has 2 heteroatoms. The first-order valence-electron chi connectivity index (χ1n) is 6.00. The van der Waals surface area contributed by atoms with Gasteiger partial charge in [-0.05, 0) is 25.5 Å². The molecule has 0 saturated carbocycles. The van der Waals surface area contributed by atoms with E-state index < -0.39 is 0 Å². The Morgan fingerprint density at radius 3 is 2.50 bits per heavy atom. The minimum absolute atomic E-state index is 1.01. The Bertz CT molecular complexity index is 443. The summed E-state index contributed by atoms with van der Waals surface area (Å²) in [4.78, 5) is 0. The van der Waals surface area contributed by atoms with Gasteiger partial charge in [0.1, 0.15) is 12.4 Å². The van der Waals surface area contributed by atoms with Crippen LogP contribution in [0.1, 0.15) is 20.3 Å². The zero-order valence-electron chi connectivity index (χ0n) is 10.1. The highest BCUT2D eigenvalue weighted by molar-refractivity contribution is 5.52. The molecule has 0 aliphatic carbocycles. The quantitative estimate of drug-likeness (QED) is 0.693. The fourth-order valence-corrected chi connectivity index (χ4v) is 2.06. The van der Waals surface area contributed by atoms with E-state index >= 15 is 0 Å². The molecule has 2 aromatic rings. The van der Waals surface area contributed by atoms with Crippen molar-refractivity contribution in [1.82, 2.24) is 4.57 Å². The molecule has 0 aliphatic rings. The Morgan fingerprint density at radius 2 is 1.88 bits per heavy atom. The van der Waals surface area contributed by atoms with Gasteiger partial charge in [0.2, 0.25) is 0 Å². The predicted octanol–water partition coefficient (Wildman–Crippen LogP) is 2.87. The highest BCUT2D eigenvalue weighted by atomic mass is 15.1. The molecule has 16 heavy (non-hydrogen) atoms. The standard InChI is InChI=1S/C14H19N2/c1-3-10-16-12-11-15(4-2)14(16)13-8-6-5-7-9-13/h5-9,11-12H,3-4,10H2,1-2H3/q+1. The second kappa shape index (κ2) is 4.97. The number of hydrogen-bond donors (Lipinski definition) is 0. The van der Waals surface area contributed by atoms with Gasteiger partial charge < -0.3 is 0 Å². The lowest BCUT2D eigenvalue weighted by molar-refractivity contribution is -0.685. The van der Waals surface area contributed by atoms with Crippen molar-refractivity contribution >= 4 is 0 Å². The molecule has 1 aromatic carbocycles. The molecule has 0 radical (unpaired) electrons. The van der Waals surface area contributed by atoms with Crippen LogP contribution < -0.4 is 4.57 Å². The summed E-state index contributed by atoms with van der Waals surface area (Å²) in [5.74, 6) is 1.31. The summed E-state index contributed by atoms with van der Waals surface area (Å²) in [6.07, 6.45) is 5.51. The van der Waals surface area contributed by atoms with Crippen LogP contribution in [0, 0.1) is 0 Å². The first-order valence-corrected chi connectivity index (χ1v) is 6.00. The number of aromatic nitrogens is 2. The number of hydrogen-bond acceptors (Lipinski definition) is 0. The van der Waals surface area contributed by atoms with E-state index in [-0.39, 0.29) is 0 Å². The van der Waals surface area contributed by atoms with Crippen molar-refractivity contribution in [3.63, 3.8) is 0 Å². The topological polar surface area (TPSA) is 8.81 Å². The maximum atomic E-state index is 2.33. The zero-order valence-corrected chi connectivity index (χ0v) is 10.1. The van der Waals surface area contributed by atoms with E-state index in [1.54, 1.807) is 0 Å². The molecule has 0 amide bonds. The molecule has 0 unspecified atom stereocenters. The van der Waals surface area contributed by atoms with Crippen LogP contribution in [0.4, 0.5) is 0 Å². The van der Waals surface area contributed by atoms with Crippen molar-refractivity contribution in [2.75, 3.05) is 0 Å². The van der Waals surface area contributed by atoms with Crippen molar-refractivity contribution in [1.29, 1.82) is 0 Å². The van der Waals surface area contributed by atoms with Crippen LogP contribution >= 0.6 is 0 Å². The lowest BCUT2D eigenvalue weighted by Crippen LogP contribution is -2.34. The molecule has 0 bridgehead atoms. The van der Waals surface area contributed by atoms with E-state index in [9.17, 15) is 0 Å². The van der Waals surface area contributed by atoms with Gasteiger partial charge in [0.15, 0.2) is 0 Å². The number of nitrogens with zero attached hydrogens (tertiary/aromatic N) is 2. The van der Waals surface area contributed by atoms with E-state index in [1.165, 1.54) is 11.4 Å². The average molecular weight is 215 g/mol. The zero-order chi connectivity index (χ0) is 11.4. The van der Waals surface area contributed by atoms with Crippen LogP contribution in [-0.2, 0) is 13.1 Å². The Kier molecular flexibility index (Phi) is 3.40. The van der Waals surface area contributed by atoms with Crippen LogP contribution in [-0.4, -0.2) is 4.57 Å². The summed E-state index contributed by atoms with van der Waals surface area (Å²) in [6, 6.07) is 10.6. The maximum Gasteiger partial charge on any atom is 0.288 e. The summed E-state index contributed by atoms with van der Waals surface area (Å²) in [7, 11) is 0.